The highest BCUT2D eigenvalue weighted by molar-refractivity contribution is 7.21. The van der Waals surface area contributed by atoms with E-state index < -0.39 is 0 Å². The molecule has 114 valence electrons. The standard InChI is InChI=1S/C15H22N4OS/c1-3-5-7-10(6-4-2)19-14(20)13-11(16)12-15(21-13)18-9-8-17-12/h8-10H,3-7,16H2,1-2H3,(H,19,20). The molecule has 0 aliphatic heterocycles. The summed E-state index contributed by atoms with van der Waals surface area (Å²) in [6.45, 7) is 4.29. The molecule has 6 heteroatoms. The van der Waals surface area contributed by atoms with Crippen LogP contribution in [-0.4, -0.2) is 21.9 Å². The van der Waals surface area contributed by atoms with Gasteiger partial charge >= 0.3 is 0 Å². The summed E-state index contributed by atoms with van der Waals surface area (Å²) in [5.41, 5.74) is 7.09. The molecule has 5 nitrogen and oxygen atoms in total. The van der Waals surface area contributed by atoms with E-state index in [1.165, 1.54) is 11.3 Å². The predicted molar refractivity (Wildman–Crippen MR) is 87.5 cm³/mol. The van der Waals surface area contributed by atoms with E-state index in [1.54, 1.807) is 12.4 Å². The highest BCUT2D eigenvalue weighted by atomic mass is 32.1. The molecule has 0 aliphatic rings. The minimum absolute atomic E-state index is 0.105. The van der Waals surface area contributed by atoms with Gasteiger partial charge < -0.3 is 11.1 Å². The number of nitrogens with two attached hydrogens (primary N) is 1. The maximum absolute atomic E-state index is 12.4. The van der Waals surface area contributed by atoms with Crippen LogP contribution < -0.4 is 11.1 Å². The van der Waals surface area contributed by atoms with Gasteiger partial charge in [0, 0.05) is 18.4 Å². The maximum atomic E-state index is 12.4. The Hall–Kier alpha value is -1.69. The predicted octanol–water partition coefficient (Wildman–Crippen LogP) is 3.36. The van der Waals surface area contributed by atoms with Gasteiger partial charge in [-0.15, -0.1) is 11.3 Å². The summed E-state index contributed by atoms with van der Waals surface area (Å²) >= 11 is 1.31. The summed E-state index contributed by atoms with van der Waals surface area (Å²) in [7, 11) is 0. The molecule has 2 aromatic heterocycles. The molecule has 2 heterocycles. The van der Waals surface area contributed by atoms with Crippen molar-refractivity contribution in [1.82, 2.24) is 15.3 Å². The number of rotatable bonds is 7. The number of hydrogen-bond donors (Lipinski definition) is 2. The van der Waals surface area contributed by atoms with Crippen molar-refractivity contribution in [2.45, 2.75) is 52.0 Å². The quantitative estimate of drug-likeness (QED) is 0.822. The fourth-order valence-electron chi connectivity index (χ4n) is 2.35. The lowest BCUT2D eigenvalue weighted by Gasteiger charge is -2.17. The molecule has 3 N–H and O–H groups in total. The maximum Gasteiger partial charge on any atom is 0.263 e. The topological polar surface area (TPSA) is 80.9 Å². The van der Waals surface area contributed by atoms with Gasteiger partial charge in [0.2, 0.25) is 0 Å². The van der Waals surface area contributed by atoms with Crippen molar-refractivity contribution in [3.63, 3.8) is 0 Å². The fourth-order valence-corrected chi connectivity index (χ4v) is 3.28. The first-order valence-electron chi connectivity index (χ1n) is 7.47. The Morgan fingerprint density at radius 1 is 1.29 bits per heavy atom. The van der Waals surface area contributed by atoms with Gasteiger partial charge in [-0.25, -0.2) is 9.97 Å². The van der Waals surface area contributed by atoms with Gasteiger partial charge in [-0.3, -0.25) is 4.79 Å². The molecular formula is C15H22N4OS. The SMILES string of the molecule is CCCCC(CCC)NC(=O)c1sc2nccnc2c1N. The molecule has 0 bridgehead atoms. The molecule has 0 saturated carbocycles. The van der Waals surface area contributed by atoms with Crippen LogP contribution in [0.2, 0.25) is 0 Å². The van der Waals surface area contributed by atoms with E-state index in [9.17, 15) is 4.79 Å². The van der Waals surface area contributed by atoms with E-state index >= 15 is 0 Å². The summed E-state index contributed by atoms with van der Waals surface area (Å²) in [4.78, 5) is 22.1. The van der Waals surface area contributed by atoms with Gasteiger partial charge in [0.1, 0.15) is 15.2 Å². The molecule has 2 aromatic rings. The van der Waals surface area contributed by atoms with E-state index in [0.717, 1.165) is 32.1 Å². The highest BCUT2D eigenvalue weighted by Crippen LogP contribution is 2.30. The largest absolute Gasteiger partial charge is 0.396 e. The molecule has 0 fully saturated rings. The Balaban J connectivity index is 2.15. The molecule has 0 aliphatic carbocycles. The minimum atomic E-state index is -0.105. The number of thiophene rings is 1. The van der Waals surface area contributed by atoms with Crippen LogP contribution in [0.4, 0.5) is 5.69 Å². The van der Waals surface area contributed by atoms with Crippen molar-refractivity contribution in [2.75, 3.05) is 5.73 Å². The van der Waals surface area contributed by atoms with E-state index in [-0.39, 0.29) is 11.9 Å². The zero-order valence-corrected chi connectivity index (χ0v) is 13.4. The number of nitrogens with zero attached hydrogens (tertiary/aromatic N) is 2. The second-order valence-electron chi connectivity index (χ2n) is 5.16. The molecule has 1 atom stereocenters. The molecule has 1 amide bonds. The first kappa shape index (κ1) is 15.7. The number of nitrogen functional groups attached to an aromatic ring is 1. The van der Waals surface area contributed by atoms with E-state index in [1.807, 2.05) is 0 Å². The van der Waals surface area contributed by atoms with Crippen LogP contribution in [0.5, 0.6) is 0 Å². The van der Waals surface area contributed by atoms with Gasteiger partial charge in [-0.1, -0.05) is 33.1 Å². The van der Waals surface area contributed by atoms with Crippen LogP contribution in [0.1, 0.15) is 55.6 Å². The van der Waals surface area contributed by atoms with E-state index in [4.69, 9.17) is 5.73 Å². The van der Waals surface area contributed by atoms with Gasteiger partial charge in [-0.05, 0) is 12.8 Å². The summed E-state index contributed by atoms with van der Waals surface area (Å²) in [5.74, 6) is -0.105. The van der Waals surface area contributed by atoms with Crippen molar-refractivity contribution < 1.29 is 4.79 Å². The lowest BCUT2D eigenvalue weighted by molar-refractivity contribution is 0.0937. The smallest absolute Gasteiger partial charge is 0.263 e. The number of amides is 1. The third-order valence-electron chi connectivity index (χ3n) is 3.45. The third-order valence-corrected chi connectivity index (χ3v) is 4.55. The Morgan fingerprint density at radius 2 is 2.05 bits per heavy atom. The molecule has 0 saturated heterocycles. The number of unbranched alkanes of at least 4 members (excludes halogenated alkanes) is 1. The molecule has 0 aromatic carbocycles. The number of hydrogen-bond acceptors (Lipinski definition) is 5. The fraction of sp³-hybridized carbons (Fsp3) is 0.533. The lowest BCUT2D eigenvalue weighted by atomic mass is 10.1. The molecule has 1 unspecified atom stereocenters. The van der Waals surface area contributed by atoms with Gasteiger partial charge in [0.25, 0.3) is 5.91 Å². The van der Waals surface area contributed by atoms with E-state index in [0.29, 0.717) is 20.9 Å². The lowest BCUT2D eigenvalue weighted by Crippen LogP contribution is -2.34. The summed E-state index contributed by atoms with van der Waals surface area (Å²) in [6.07, 6.45) is 8.52. The number of nitrogens with one attached hydrogen (secondary N) is 1. The average Bonchev–Trinajstić information content (AvgIpc) is 2.83. The van der Waals surface area contributed by atoms with Crippen LogP contribution in [-0.2, 0) is 0 Å². The number of carbonyl (C=O) groups is 1. The summed E-state index contributed by atoms with van der Waals surface area (Å²) in [6, 6.07) is 0.216. The Morgan fingerprint density at radius 3 is 2.71 bits per heavy atom. The third kappa shape index (κ3) is 3.69. The molecular weight excluding hydrogens is 284 g/mol. The van der Waals surface area contributed by atoms with Crippen molar-refractivity contribution in [3.8, 4) is 0 Å². The molecule has 2 rings (SSSR count). The zero-order chi connectivity index (χ0) is 15.2. The second kappa shape index (κ2) is 7.36. The van der Waals surface area contributed by atoms with Crippen LogP contribution in [0.15, 0.2) is 12.4 Å². The van der Waals surface area contributed by atoms with Crippen molar-refractivity contribution in [2.24, 2.45) is 0 Å². The molecule has 0 radical (unpaired) electrons. The highest BCUT2D eigenvalue weighted by Gasteiger charge is 2.20. The minimum Gasteiger partial charge on any atom is -0.396 e. The Kier molecular flexibility index (Phi) is 5.50. The first-order valence-corrected chi connectivity index (χ1v) is 8.28. The van der Waals surface area contributed by atoms with E-state index in [2.05, 4.69) is 29.1 Å². The van der Waals surface area contributed by atoms with Crippen molar-refractivity contribution in [3.05, 3.63) is 17.3 Å². The van der Waals surface area contributed by atoms with Crippen LogP contribution in [0, 0.1) is 0 Å². The number of anilines is 1. The van der Waals surface area contributed by atoms with Crippen LogP contribution in [0.25, 0.3) is 10.3 Å². The number of aromatic nitrogens is 2. The van der Waals surface area contributed by atoms with Crippen LogP contribution in [0.3, 0.4) is 0 Å². The summed E-state index contributed by atoms with van der Waals surface area (Å²) in [5, 5.41) is 3.11. The normalized spacial score (nSPS) is 12.5. The summed E-state index contributed by atoms with van der Waals surface area (Å²) < 4.78 is 0. The Bertz CT molecular complexity index is 611. The molecule has 21 heavy (non-hydrogen) atoms. The monoisotopic (exact) mass is 306 g/mol. The average molecular weight is 306 g/mol. The Labute approximate surface area is 129 Å². The van der Waals surface area contributed by atoms with Gasteiger partial charge in [0.05, 0.1) is 5.69 Å². The number of fused-ring (bicyclic) bond motifs is 1. The van der Waals surface area contributed by atoms with Gasteiger partial charge in [0.15, 0.2) is 0 Å². The molecule has 0 spiro atoms. The second-order valence-corrected chi connectivity index (χ2v) is 6.16. The van der Waals surface area contributed by atoms with Gasteiger partial charge in [-0.2, -0.15) is 0 Å². The van der Waals surface area contributed by atoms with Crippen molar-refractivity contribution >= 4 is 33.3 Å². The van der Waals surface area contributed by atoms with Crippen molar-refractivity contribution in [1.29, 1.82) is 0 Å². The number of carbonyl (C=O) groups excluding carboxylic acids is 1. The first-order chi connectivity index (χ1) is 10.2. The van der Waals surface area contributed by atoms with Crippen LogP contribution >= 0.6 is 11.3 Å². The zero-order valence-electron chi connectivity index (χ0n) is 12.6.